The van der Waals surface area contributed by atoms with Crippen molar-refractivity contribution in [2.45, 2.75) is 13.5 Å². The molecule has 3 rings (SSSR count). The van der Waals surface area contributed by atoms with Crippen molar-refractivity contribution < 1.29 is 14.6 Å². The molecule has 0 amide bonds. The minimum Gasteiger partial charge on any atom is -0.508 e. The fraction of sp³-hybridized carbons (Fsp3) is 0.316. The first-order valence-corrected chi connectivity index (χ1v) is 8.90. The molecule has 1 aromatic heterocycles. The molecule has 2 heterocycles. The Bertz CT molecular complexity index is 745. The number of ketones is 1. The predicted octanol–water partition coefficient (Wildman–Crippen LogP) is 3.49. The van der Waals surface area contributed by atoms with Gasteiger partial charge in [-0.2, -0.15) is 0 Å². The summed E-state index contributed by atoms with van der Waals surface area (Å²) in [4.78, 5) is 15.9. The number of aromatic hydroxyl groups is 1. The minimum atomic E-state index is -0.0815. The van der Waals surface area contributed by atoms with Crippen LogP contribution >= 0.6 is 11.3 Å². The third-order valence-electron chi connectivity index (χ3n) is 4.19. The van der Waals surface area contributed by atoms with Gasteiger partial charge in [-0.3, -0.25) is 9.69 Å². The zero-order valence-electron chi connectivity index (χ0n) is 13.7. The number of benzene rings is 1. The predicted molar refractivity (Wildman–Crippen MR) is 96.6 cm³/mol. The van der Waals surface area contributed by atoms with E-state index in [0.717, 1.165) is 23.5 Å². The maximum absolute atomic E-state index is 12.6. The Morgan fingerprint density at radius 2 is 2.12 bits per heavy atom. The van der Waals surface area contributed by atoms with Crippen LogP contribution in [0.5, 0.6) is 5.75 Å². The van der Waals surface area contributed by atoms with E-state index >= 15 is 0 Å². The Kier molecular flexibility index (Phi) is 5.45. The Labute approximate surface area is 146 Å². The average Bonchev–Trinajstić information content (AvgIpc) is 3.00. The Morgan fingerprint density at radius 3 is 2.83 bits per heavy atom. The number of phenols is 1. The van der Waals surface area contributed by atoms with Gasteiger partial charge in [0.1, 0.15) is 5.75 Å². The highest BCUT2D eigenvalue weighted by Crippen LogP contribution is 2.25. The molecule has 1 aromatic carbocycles. The van der Waals surface area contributed by atoms with Crippen LogP contribution in [-0.4, -0.2) is 42.1 Å². The van der Waals surface area contributed by atoms with Crippen LogP contribution in [-0.2, 0) is 11.3 Å². The van der Waals surface area contributed by atoms with E-state index in [4.69, 9.17) is 4.74 Å². The molecular formula is C19H21NO3S. The highest BCUT2D eigenvalue weighted by atomic mass is 32.1. The molecule has 0 aliphatic carbocycles. The van der Waals surface area contributed by atoms with Crippen molar-refractivity contribution in [3.05, 3.63) is 57.3 Å². The second-order valence-corrected chi connectivity index (χ2v) is 6.80. The van der Waals surface area contributed by atoms with Gasteiger partial charge in [0, 0.05) is 35.6 Å². The van der Waals surface area contributed by atoms with Crippen LogP contribution in [0.4, 0.5) is 0 Å². The van der Waals surface area contributed by atoms with E-state index in [1.165, 1.54) is 0 Å². The Balaban J connectivity index is 1.81. The third kappa shape index (κ3) is 3.93. The van der Waals surface area contributed by atoms with Gasteiger partial charge in [0.25, 0.3) is 0 Å². The molecule has 1 aliphatic heterocycles. The number of carbonyl (C=O) groups is 1. The maximum atomic E-state index is 12.6. The number of ether oxygens (including phenoxy) is 1. The molecule has 1 aliphatic rings. The molecule has 0 radical (unpaired) electrons. The SMILES string of the molecule is Cc1ccsc1/C=C/C(=O)c1cccc(O)c1CN1CCOCC1. The maximum Gasteiger partial charge on any atom is 0.186 e. The van der Waals surface area contributed by atoms with Crippen molar-refractivity contribution >= 4 is 23.2 Å². The molecule has 0 atom stereocenters. The number of nitrogens with zero attached hydrogens (tertiary/aromatic N) is 1. The van der Waals surface area contributed by atoms with Crippen molar-refractivity contribution in [2.24, 2.45) is 0 Å². The molecular weight excluding hydrogens is 322 g/mol. The first kappa shape index (κ1) is 16.9. The van der Waals surface area contributed by atoms with E-state index in [-0.39, 0.29) is 11.5 Å². The van der Waals surface area contributed by atoms with E-state index in [1.54, 1.807) is 35.6 Å². The van der Waals surface area contributed by atoms with Crippen molar-refractivity contribution in [2.75, 3.05) is 26.3 Å². The standard InChI is InChI=1S/C19H21NO3S/c1-14-7-12-24-19(14)6-5-18(22)15-3-2-4-17(21)16(15)13-20-8-10-23-11-9-20/h2-7,12,21H,8-11,13H2,1H3/b6-5+. The molecule has 4 nitrogen and oxygen atoms in total. The van der Waals surface area contributed by atoms with Gasteiger partial charge in [0.15, 0.2) is 5.78 Å². The summed E-state index contributed by atoms with van der Waals surface area (Å²) in [6, 6.07) is 7.17. The zero-order valence-corrected chi connectivity index (χ0v) is 14.5. The Hall–Kier alpha value is -1.95. The molecule has 126 valence electrons. The number of hydrogen-bond donors (Lipinski definition) is 1. The smallest absolute Gasteiger partial charge is 0.186 e. The molecule has 0 saturated carbocycles. The summed E-state index contributed by atoms with van der Waals surface area (Å²) in [5.41, 5.74) is 2.41. The van der Waals surface area contributed by atoms with E-state index in [1.807, 2.05) is 24.4 Å². The summed E-state index contributed by atoms with van der Waals surface area (Å²) in [7, 11) is 0. The van der Waals surface area contributed by atoms with Gasteiger partial charge >= 0.3 is 0 Å². The highest BCUT2D eigenvalue weighted by molar-refractivity contribution is 7.11. The average molecular weight is 343 g/mol. The van der Waals surface area contributed by atoms with Crippen LogP contribution in [0, 0.1) is 6.92 Å². The van der Waals surface area contributed by atoms with Gasteiger partial charge in [-0.05, 0) is 42.2 Å². The lowest BCUT2D eigenvalue weighted by Gasteiger charge is -2.27. The fourth-order valence-electron chi connectivity index (χ4n) is 2.75. The largest absolute Gasteiger partial charge is 0.508 e. The molecule has 1 N–H and O–H groups in total. The van der Waals surface area contributed by atoms with Crippen LogP contribution in [0.2, 0.25) is 0 Å². The van der Waals surface area contributed by atoms with Gasteiger partial charge in [-0.1, -0.05) is 12.1 Å². The molecule has 0 bridgehead atoms. The van der Waals surface area contributed by atoms with Gasteiger partial charge < -0.3 is 9.84 Å². The zero-order chi connectivity index (χ0) is 16.9. The van der Waals surface area contributed by atoms with Gasteiger partial charge in [-0.25, -0.2) is 0 Å². The van der Waals surface area contributed by atoms with Crippen molar-refractivity contribution in [3.63, 3.8) is 0 Å². The number of thiophene rings is 1. The molecule has 24 heavy (non-hydrogen) atoms. The normalized spacial score (nSPS) is 15.9. The summed E-state index contributed by atoms with van der Waals surface area (Å²) < 4.78 is 5.36. The molecule has 1 fully saturated rings. The quantitative estimate of drug-likeness (QED) is 0.667. The van der Waals surface area contributed by atoms with Crippen LogP contribution in [0.3, 0.4) is 0 Å². The first-order chi connectivity index (χ1) is 11.6. The number of hydrogen-bond acceptors (Lipinski definition) is 5. The highest BCUT2D eigenvalue weighted by Gasteiger charge is 2.18. The monoisotopic (exact) mass is 343 g/mol. The molecule has 0 unspecified atom stereocenters. The van der Waals surface area contributed by atoms with Crippen LogP contribution in [0.25, 0.3) is 6.08 Å². The van der Waals surface area contributed by atoms with Crippen molar-refractivity contribution in [1.82, 2.24) is 4.90 Å². The fourth-order valence-corrected chi connectivity index (χ4v) is 3.57. The minimum absolute atomic E-state index is 0.0815. The second kappa shape index (κ2) is 7.75. The summed E-state index contributed by atoms with van der Waals surface area (Å²) in [6.45, 7) is 5.59. The summed E-state index contributed by atoms with van der Waals surface area (Å²) >= 11 is 1.61. The van der Waals surface area contributed by atoms with E-state index in [0.29, 0.717) is 30.9 Å². The number of carbonyl (C=O) groups excluding carboxylic acids is 1. The van der Waals surface area contributed by atoms with Crippen LogP contribution < -0.4 is 0 Å². The van der Waals surface area contributed by atoms with Gasteiger partial charge in [-0.15, -0.1) is 11.3 Å². The number of phenolic OH excluding ortho intramolecular Hbond substituents is 1. The number of rotatable bonds is 5. The second-order valence-electron chi connectivity index (χ2n) is 5.86. The van der Waals surface area contributed by atoms with E-state index in [2.05, 4.69) is 4.90 Å². The topological polar surface area (TPSA) is 49.8 Å². The molecule has 5 heteroatoms. The summed E-state index contributed by atoms with van der Waals surface area (Å²) in [6.07, 6.45) is 3.45. The van der Waals surface area contributed by atoms with Crippen LogP contribution in [0.1, 0.15) is 26.4 Å². The lowest BCUT2D eigenvalue weighted by Crippen LogP contribution is -2.36. The van der Waals surface area contributed by atoms with Crippen molar-refractivity contribution in [3.8, 4) is 5.75 Å². The van der Waals surface area contributed by atoms with Gasteiger partial charge in [0.2, 0.25) is 0 Å². The summed E-state index contributed by atoms with van der Waals surface area (Å²) in [5.74, 6) is 0.0926. The molecule has 1 saturated heterocycles. The lowest BCUT2D eigenvalue weighted by atomic mass is 10.0. The number of morpholine rings is 1. The third-order valence-corrected chi connectivity index (χ3v) is 5.17. The number of allylic oxidation sites excluding steroid dienone is 1. The lowest BCUT2D eigenvalue weighted by molar-refractivity contribution is 0.0338. The van der Waals surface area contributed by atoms with Gasteiger partial charge in [0.05, 0.1) is 13.2 Å². The Morgan fingerprint density at radius 1 is 1.33 bits per heavy atom. The summed E-state index contributed by atoms with van der Waals surface area (Å²) in [5, 5.41) is 12.2. The number of aryl methyl sites for hydroxylation is 1. The van der Waals surface area contributed by atoms with Crippen LogP contribution in [0.15, 0.2) is 35.7 Å². The van der Waals surface area contributed by atoms with E-state index in [9.17, 15) is 9.90 Å². The van der Waals surface area contributed by atoms with E-state index < -0.39 is 0 Å². The molecule has 2 aromatic rings. The first-order valence-electron chi connectivity index (χ1n) is 8.02. The molecule has 0 spiro atoms. The van der Waals surface area contributed by atoms with Crippen molar-refractivity contribution in [1.29, 1.82) is 0 Å².